The fourth-order valence-electron chi connectivity index (χ4n) is 2.53. The van der Waals surface area contributed by atoms with Crippen LogP contribution in [-0.2, 0) is 20.0 Å². The highest BCUT2D eigenvalue weighted by Gasteiger charge is 2.08. The number of rotatable bonds is 7. The molecule has 0 atom stereocenters. The van der Waals surface area contributed by atoms with E-state index in [-0.39, 0.29) is 0 Å². The molecule has 5 nitrogen and oxygen atoms in total. The Morgan fingerprint density at radius 1 is 1.28 bits per heavy atom. The van der Waals surface area contributed by atoms with Crippen LogP contribution < -0.4 is 5.32 Å². The monoisotopic (exact) mass is 381 g/mol. The van der Waals surface area contributed by atoms with Crippen LogP contribution in [0.5, 0.6) is 0 Å². The van der Waals surface area contributed by atoms with Gasteiger partial charge in [-0.05, 0) is 43.0 Å². The van der Waals surface area contributed by atoms with Crippen LogP contribution in [0.2, 0.25) is 10.0 Å². The largest absolute Gasteiger partial charge is 0.357 e. The Bertz CT molecular complexity index is 711. The summed E-state index contributed by atoms with van der Waals surface area (Å²) < 4.78 is 1.83. The van der Waals surface area contributed by atoms with Crippen LogP contribution in [0.15, 0.2) is 35.6 Å². The highest BCUT2D eigenvalue weighted by Crippen LogP contribution is 2.23. The summed E-state index contributed by atoms with van der Waals surface area (Å²) in [6.45, 7) is 4.37. The van der Waals surface area contributed by atoms with Crippen molar-refractivity contribution in [2.45, 2.75) is 26.3 Å². The van der Waals surface area contributed by atoms with Crippen LogP contribution in [0.1, 0.15) is 24.5 Å². The van der Waals surface area contributed by atoms with Crippen molar-refractivity contribution < 1.29 is 0 Å². The van der Waals surface area contributed by atoms with E-state index < -0.39 is 0 Å². The molecule has 1 aromatic heterocycles. The minimum absolute atomic E-state index is 0.573. The van der Waals surface area contributed by atoms with Gasteiger partial charge in [-0.2, -0.15) is 5.10 Å². The van der Waals surface area contributed by atoms with Crippen LogP contribution in [-0.4, -0.2) is 40.8 Å². The molecule has 0 saturated heterocycles. The van der Waals surface area contributed by atoms with E-state index in [1.807, 2.05) is 49.4 Å². The molecular weight excluding hydrogens is 357 g/mol. The van der Waals surface area contributed by atoms with Crippen molar-refractivity contribution in [3.05, 3.63) is 51.8 Å². The van der Waals surface area contributed by atoms with Gasteiger partial charge in [-0.25, -0.2) is 0 Å². The molecule has 0 bridgehead atoms. The van der Waals surface area contributed by atoms with Gasteiger partial charge in [0.15, 0.2) is 5.96 Å². The number of aliphatic imine (C=N–C) groups is 1. The molecule has 2 aromatic rings. The van der Waals surface area contributed by atoms with E-state index in [0.717, 1.165) is 37.5 Å². The van der Waals surface area contributed by atoms with Gasteiger partial charge in [0.05, 0.1) is 16.2 Å². The molecule has 0 saturated carbocycles. The minimum atomic E-state index is 0.573. The number of hydrogen-bond donors (Lipinski definition) is 1. The Kier molecular flexibility index (Phi) is 7.59. The van der Waals surface area contributed by atoms with E-state index in [9.17, 15) is 0 Å². The molecule has 2 rings (SSSR count). The van der Waals surface area contributed by atoms with Gasteiger partial charge in [0.2, 0.25) is 0 Å². The molecule has 7 heteroatoms. The summed E-state index contributed by atoms with van der Waals surface area (Å²) in [5.74, 6) is 0.889. The standard InChI is InChI=1S/C18H25Cl2N5/c1-4-21-18(22-9-5-6-15-11-23-25(3)13-15)24(2)12-14-7-8-16(19)17(20)10-14/h7-8,10-11,13H,4-6,9,12H2,1-3H3,(H,21,22). The number of aromatic nitrogens is 2. The van der Waals surface area contributed by atoms with Crippen LogP contribution >= 0.6 is 23.2 Å². The predicted octanol–water partition coefficient (Wildman–Crippen LogP) is 3.76. The lowest BCUT2D eigenvalue weighted by atomic mass is 10.2. The van der Waals surface area contributed by atoms with E-state index >= 15 is 0 Å². The lowest BCUT2D eigenvalue weighted by Gasteiger charge is -2.22. The molecule has 0 spiro atoms. The van der Waals surface area contributed by atoms with Gasteiger partial charge in [0.1, 0.15) is 0 Å². The van der Waals surface area contributed by atoms with Crippen molar-refractivity contribution in [1.82, 2.24) is 20.0 Å². The van der Waals surface area contributed by atoms with E-state index in [1.165, 1.54) is 5.56 Å². The van der Waals surface area contributed by atoms with Crippen LogP contribution in [0.3, 0.4) is 0 Å². The second kappa shape index (κ2) is 9.68. The summed E-state index contributed by atoms with van der Waals surface area (Å²) in [6, 6.07) is 5.70. The SMILES string of the molecule is CCNC(=NCCCc1cnn(C)c1)N(C)Cc1ccc(Cl)c(Cl)c1. The normalized spacial score (nSPS) is 11.6. The smallest absolute Gasteiger partial charge is 0.193 e. The van der Waals surface area contributed by atoms with Gasteiger partial charge in [0.25, 0.3) is 0 Å². The van der Waals surface area contributed by atoms with E-state index in [2.05, 4.69) is 22.2 Å². The zero-order valence-corrected chi connectivity index (χ0v) is 16.5. The predicted molar refractivity (Wildman–Crippen MR) is 105 cm³/mol. The average Bonchev–Trinajstić information content (AvgIpc) is 2.99. The number of hydrogen-bond acceptors (Lipinski definition) is 2. The minimum Gasteiger partial charge on any atom is -0.357 e. The maximum Gasteiger partial charge on any atom is 0.193 e. The van der Waals surface area contributed by atoms with Gasteiger partial charge < -0.3 is 10.2 Å². The number of aryl methyl sites for hydroxylation is 2. The Morgan fingerprint density at radius 3 is 2.72 bits per heavy atom. The first-order chi connectivity index (χ1) is 12.0. The molecule has 0 aliphatic carbocycles. The van der Waals surface area contributed by atoms with Gasteiger partial charge in [-0.1, -0.05) is 29.3 Å². The molecule has 25 heavy (non-hydrogen) atoms. The number of benzene rings is 1. The van der Waals surface area contributed by atoms with Crippen molar-refractivity contribution in [3.63, 3.8) is 0 Å². The summed E-state index contributed by atoms with van der Waals surface area (Å²) in [4.78, 5) is 6.81. The molecule has 0 unspecified atom stereocenters. The summed E-state index contributed by atoms with van der Waals surface area (Å²) >= 11 is 12.1. The maximum absolute atomic E-state index is 6.10. The number of nitrogens with zero attached hydrogens (tertiary/aromatic N) is 4. The van der Waals surface area contributed by atoms with Crippen molar-refractivity contribution in [1.29, 1.82) is 0 Å². The van der Waals surface area contributed by atoms with Crippen molar-refractivity contribution in [3.8, 4) is 0 Å². The molecule has 0 aliphatic rings. The second-order valence-electron chi connectivity index (χ2n) is 5.97. The van der Waals surface area contributed by atoms with E-state index in [0.29, 0.717) is 16.6 Å². The fraction of sp³-hybridized carbons (Fsp3) is 0.444. The average molecular weight is 382 g/mol. The Hall–Kier alpha value is -1.72. The van der Waals surface area contributed by atoms with Gasteiger partial charge in [-0.15, -0.1) is 0 Å². The summed E-state index contributed by atoms with van der Waals surface area (Å²) in [5, 5.41) is 8.67. The Morgan fingerprint density at radius 2 is 2.08 bits per heavy atom. The topological polar surface area (TPSA) is 45.5 Å². The zero-order chi connectivity index (χ0) is 18.2. The Labute approximate surface area is 159 Å². The molecule has 136 valence electrons. The second-order valence-corrected chi connectivity index (χ2v) is 6.78. The highest BCUT2D eigenvalue weighted by molar-refractivity contribution is 6.42. The lowest BCUT2D eigenvalue weighted by Crippen LogP contribution is -2.38. The van der Waals surface area contributed by atoms with Crippen molar-refractivity contribution in [2.75, 3.05) is 20.1 Å². The molecule has 0 aliphatic heterocycles. The summed E-state index contributed by atoms with van der Waals surface area (Å²) in [7, 11) is 3.95. The molecule has 0 radical (unpaired) electrons. The first kappa shape index (κ1) is 19.6. The number of halogens is 2. The summed E-state index contributed by atoms with van der Waals surface area (Å²) in [6.07, 6.45) is 5.92. The van der Waals surface area contributed by atoms with E-state index in [1.54, 1.807) is 0 Å². The fourth-order valence-corrected chi connectivity index (χ4v) is 2.85. The molecule has 1 aromatic carbocycles. The lowest BCUT2D eigenvalue weighted by molar-refractivity contribution is 0.476. The van der Waals surface area contributed by atoms with Crippen molar-refractivity contribution >= 4 is 29.2 Å². The summed E-state index contributed by atoms with van der Waals surface area (Å²) in [5.41, 5.74) is 2.34. The third-order valence-electron chi connectivity index (χ3n) is 3.74. The third-order valence-corrected chi connectivity index (χ3v) is 4.48. The molecule has 1 N–H and O–H groups in total. The molecular formula is C18H25Cl2N5. The first-order valence-corrected chi connectivity index (χ1v) is 9.16. The molecule has 1 heterocycles. The van der Waals surface area contributed by atoms with E-state index in [4.69, 9.17) is 28.2 Å². The molecule has 0 amide bonds. The first-order valence-electron chi connectivity index (χ1n) is 8.40. The Balaban J connectivity index is 1.91. The van der Waals surface area contributed by atoms with Crippen LogP contribution in [0, 0.1) is 0 Å². The third kappa shape index (κ3) is 6.25. The number of nitrogens with one attached hydrogen (secondary N) is 1. The van der Waals surface area contributed by atoms with Crippen LogP contribution in [0.25, 0.3) is 0 Å². The quantitative estimate of drug-likeness (QED) is 0.451. The number of guanidine groups is 1. The van der Waals surface area contributed by atoms with Gasteiger partial charge >= 0.3 is 0 Å². The maximum atomic E-state index is 6.10. The molecule has 0 fully saturated rings. The zero-order valence-electron chi connectivity index (χ0n) is 15.0. The van der Waals surface area contributed by atoms with Crippen LogP contribution in [0.4, 0.5) is 0 Å². The highest BCUT2D eigenvalue weighted by atomic mass is 35.5. The van der Waals surface area contributed by atoms with Gasteiger partial charge in [0, 0.05) is 39.9 Å². The van der Waals surface area contributed by atoms with Crippen molar-refractivity contribution in [2.24, 2.45) is 12.0 Å². The van der Waals surface area contributed by atoms with Gasteiger partial charge in [-0.3, -0.25) is 9.67 Å².